The van der Waals surface area contributed by atoms with Crippen molar-refractivity contribution in [1.29, 1.82) is 0 Å². The van der Waals surface area contributed by atoms with E-state index in [1.165, 1.54) is 0 Å². The Morgan fingerprint density at radius 3 is 2.71 bits per heavy atom. The molecule has 1 atom stereocenters. The van der Waals surface area contributed by atoms with Crippen molar-refractivity contribution < 1.29 is 19.0 Å². The van der Waals surface area contributed by atoms with Crippen LogP contribution in [0.2, 0.25) is 5.02 Å². The molecule has 0 spiro atoms. The minimum Gasteiger partial charge on any atom is -0.497 e. The Morgan fingerprint density at radius 1 is 1.47 bits per heavy atom. The third-order valence-electron chi connectivity index (χ3n) is 2.06. The number of esters is 1. The van der Waals surface area contributed by atoms with E-state index in [0.717, 1.165) is 0 Å². The number of carbonyl (C=O) groups excluding carboxylic acids is 1. The lowest BCUT2D eigenvalue weighted by atomic mass is 10.3. The van der Waals surface area contributed by atoms with E-state index in [2.05, 4.69) is 0 Å². The smallest absolute Gasteiger partial charge is 0.347 e. The summed E-state index contributed by atoms with van der Waals surface area (Å²) in [6.45, 7) is 3.67. The summed E-state index contributed by atoms with van der Waals surface area (Å²) in [6.07, 6.45) is -0.694. The second kappa shape index (κ2) is 6.35. The van der Waals surface area contributed by atoms with Crippen molar-refractivity contribution in [1.82, 2.24) is 0 Å². The lowest BCUT2D eigenvalue weighted by Crippen LogP contribution is -2.26. The summed E-state index contributed by atoms with van der Waals surface area (Å²) in [5.74, 6) is 0.638. The van der Waals surface area contributed by atoms with Crippen LogP contribution in [0.5, 0.6) is 11.5 Å². The molecule has 0 aliphatic carbocycles. The van der Waals surface area contributed by atoms with E-state index in [-0.39, 0.29) is 0 Å². The van der Waals surface area contributed by atoms with Gasteiger partial charge in [-0.25, -0.2) is 4.79 Å². The summed E-state index contributed by atoms with van der Waals surface area (Å²) in [4.78, 5) is 11.4. The first-order chi connectivity index (χ1) is 8.08. The summed E-state index contributed by atoms with van der Waals surface area (Å²) in [7, 11) is 1.55. The van der Waals surface area contributed by atoms with E-state index in [1.54, 1.807) is 39.2 Å². The van der Waals surface area contributed by atoms with Gasteiger partial charge in [-0.1, -0.05) is 11.6 Å². The van der Waals surface area contributed by atoms with Crippen LogP contribution in [0.25, 0.3) is 0 Å². The van der Waals surface area contributed by atoms with Gasteiger partial charge in [-0.15, -0.1) is 0 Å². The van der Waals surface area contributed by atoms with Gasteiger partial charge in [-0.2, -0.15) is 0 Å². The lowest BCUT2D eigenvalue weighted by molar-refractivity contribution is -0.150. The molecule has 1 aromatic rings. The monoisotopic (exact) mass is 258 g/mol. The molecule has 5 heteroatoms. The van der Waals surface area contributed by atoms with Crippen LogP contribution < -0.4 is 9.47 Å². The molecule has 0 radical (unpaired) electrons. The Kier molecular flexibility index (Phi) is 5.10. The molecular weight excluding hydrogens is 244 g/mol. The standard InChI is InChI=1S/C12H15ClO4/c1-4-16-12(14)8(2)17-11-6-5-9(15-3)7-10(11)13/h5-8H,4H2,1-3H3. The normalized spacial score (nSPS) is 11.8. The van der Waals surface area contributed by atoms with E-state index < -0.39 is 12.1 Å². The quantitative estimate of drug-likeness (QED) is 0.762. The van der Waals surface area contributed by atoms with Gasteiger partial charge in [0.1, 0.15) is 11.5 Å². The molecule has 0 N–H and O–H groups in total. The molecule has 0 saturated heterocycles. The Balaban J connectivity index is 2.71. The third-order valence-corrected chi connectivity index (χ3v) is 2.36. The van der Waals surface area contributed by atoms with Gasteiger partial charge in [0.15, 0.2) is 6.10 Å². The maximum atomic E-state index is 11.4. The van der Waals surface area contributed by atoms with Crippen LogP contribution in [0, 0.1) is 0 Å². The topological polar surface area (TPSA) is 44.8 Å². The summed E-state index contributed by atoms with van der Waals surface area (Å²) in [5.41, 5.74) is 0. The fourth-order valence-electron chi connectivity index (χ4n) is 1.20. The molecule has 1 rings (SSSR count). The van der Waals surface area contributed by atoms with Crippen molar-refractivity contribution >= 4 is 17.6 Å². The molecule has 0 saturated carbocycles. The van der Waals surface area contributed by atoms with E-state index in [9.17, 15) is 4.79 Å². The summed E-state index contributed by atoms with van der Waals surface area (Å²) in [6, 6.07) is 4.98. The summed E-state index contributed by atoms with van der Waals surface area (Å²) < 4.78 is 15.2. The molecule has 1 unspecified atom stereocenters. The van der Waals surface area contributed by atoms with E-state index in [4.69, 9.17) is 25.8 Å². The van der Waals surface area contributed by atoms with Crippen LogP contribution in [0.1, 0.15) is 13.8 Å². The number of carbonyl (C=O) groups is 1. The molecule has 0 aromatic heterocycles. The first-order valence-corrected chi connectivity index (χ1v) is 5.63. The number of hydrogen-bond donors (Lipinski definition) is 0. The van der Waals surface area contributed by atoms with Crippen molar-refractivity contribution in [3.8, 4) is 11.5 Å². The SMILES string of the molecule is CCOC(=O)C(C)Oc1ccc(OC)cc1Cl. The van der Waals surface area contributed by atoms with Crippen LogP contribution in [0.15, 0.2) is 18.2 Å². The molecule has 17 heavy (non-hydrogen) atoms. The highest BCUT2D eigenvalue weighted by molar-refractivity contribution is 6.32. The Hall–Kier alpha value is -1.42. The van der Waals surface area contributed by atoms with Crippen molar-refractivity contribution in [2.45, 2.75) is 20.0 Å². The molecule has 4 nitrogen and oxygen atoms in total. The molecule has 0 aliphatic rings. The van der Waals surface area contributed by atoms with Crippen molar-refractivity contribution in [2.75, 3.05) is 13.7 Å². The van der Waals surface area contributed by atoms with Gasteiger partial charge in [-0.3, -0.25) is 0 Å². The van der Waals surface area contributed by atoms with Gasteiger partial charge < -0.3 is 14.2 Å². The van der Waals surface area contributed by atoms with Crippen molar-refractivity contribution in [3.63, 3.8) is 0 Å². The molecule has 94 valence electrons. The molecule has 1 aromatic carbocycles. The lowest BCUT2D eigenvalue weighted by Gasteiger charge is -2.14. The van der Waals surface area contributed by atoms with Crippen LogP contribution >= 0.6 is 11.6 Å². The van der Waals surface area contributed by atoms with E-state index in [1.807, 2.05) is 0 Å². The maximum absolute atomic E-state index is 11.4. The highest BCUT2D eigenvalue weighted by atomic mass is 35.5. The van der Waals surface area contributed by atoms with E-state index in [0.29, 0.717) is 23.1 Å². The number of benzene rings is 1. The number of halogens is 1. The number of ether oxygens (including phenoxy) is 3. The maximum Gasteiger partial charge on any atom is 0.347 e. The molecule has 0 heterocycles. The van der Waals surface area contributed by atoms with Crippen molar-refractivity contribution in [3.05, 3.63) is 23.2 Å². The van der Waals surface area contributed by atoms with Crippen LogP contribution in [0.4, 0.5) is 0 Å². The number of methoxy groups -OCH3 is 1. The average Bonchev–Trinajstić information content (AvgIpc) is 2.31. The molecule has 0 aliphatic heterocycles. The Morgan fingerprint density at radius 2 is 2.18 bits per heavy atom. The molecule has 0 amide bonds. The summed E-state index contributed by atoms with van der Waals surface area (Å²) in [5, 5.41) is 0.389. The van der Waals surface area contributed by atoms with Crippen LogP contribution in [-0.2, 0) is 9.53 Å². The number of hydrogen-bond acceptors (Lipinski definition) is 4. The minimum atomic E-state index is -0.694. The average molecular weight is 259 g/mol. The number of rotatable bonds is 5. The minimum absolute atomic E-state index is 0.322. The zero-order valence-electron chi connectivity index (χ0n) is 10.0. The first kappa shape index (κ1) is 13.6. The van der Waals surface area contributed by atoms with Gasteiger partial charge in [-0.05, 0) is 26.0 Å². The Bertz CT molecular complexity index is 392. The predicted molar refractivity (Wildman–Crippen MR) is 64.7 cm³/mol. The fourth-order valence-corrected chi connectivity index (χ4v) is 1.42. The molecule has 0 fully saturated rings. The van der Waals surface area contributed by atoms with Gasteiger partial charge in [0.25, 0.3) is 0 Å². The second-order valence-electron chi connectivity index (χ2n) is 3.31. The Labute approximate surface area is 105 Å². The summed E-state index contributed by atoms with van der Waals surface area (Å²) >= 11 is 5.98. The van der Waals surface area contributed by atoms with Gasteiger partial charge in [0.05, 0.1) is 18.7 Å². The zero-order chi connectivity index (χ0) is 12.8. The second-order valence-corrected chi connectivity index (χ2v) is 3.72. The van der Waals surface area contributed by atoms with Gasteiger partial charge in [0, 0.05) is 6.07 Å². The highest BCUT2D eigenvalue weighted by Crippen LogP contribution is 2.29. The van der Waals surface area contributed by atoms with Crippen LogP contribution in [-0.4, -0.2) is 25.8 Å². The van der Waals surface area contributed by atoms with Gasteiger partial charge >= 0.3 is 5.97 Å². The van der Waals surface area contributed by atoms with Gasteiger partial charge in [0.2, 0.25) is 0 Å². The predicted octanol–water partition coefficient (Wildman–Crippen LogP) is 2.68. The highest BCUT2D eigenvalue weighted by Gasteiger charge is 2.17. The molecular formula is C12H15ClO4. The molecule has 0 bridgehead atoms. The van der Waals surface area contributed by atoms with Crippen molar-refractivity contribution in [2.24, 2.45) is 0 Å². The largest absolute Gasteiger partial charge is 0.497 e. The fraction of sp³-hybridized carbons (Fsp3) is 0.417. The van der Waals surface area contributed by atoms with E-state index >= 15 is 0 Å². The third kappa shape index (κ3) is 3.82. The zero-order valence-corrected chi connectivity index (χ0v) is 10.8. The first-order valence-electron chi connectivity index (χ1n) is 5.25. The van der Waals surface area contributed by atoms with Crippen LogP contribution in [0.3, 0.4) is 0 Å².